The van der Waals surface area contributed by atoms with Gasteiger partial charge in [-0.15, -0.1) is 0 Å². The predicted octanol–water partition coefficient (Wildman–Crippen LogP) is -3.45. The Morgan fingerprint density at radius 1 is 1.47 bits per heavy atom. The highest BCUT2D eigenvalue weighted by Gasteiger charge is 2.09. The van der Waals surface area contributed by atoms with E-state index in [1.165, 1.54) is 12.3 Å². The summed E-state index contributed by atoms with van der Waals surface area (Å²) in [6.45, 7) is 0.399. The highest BCUT2D eigenvalue weighted by atomic mass is 35.5. The van der Waals surface area contributed by atoms with Crippen molar-refractivity contribution in [3.63, 3.8) is 0 Å². The van der Waals surface area contributed by atoms with E-state index < -0.39 is 11.9 Å². The van der Waals surface area contributed by atoms with E-state index in [-0.39, 0.29) is 24.4 Å². The Bertz CT molecular complexity index is 368. The van der Waals surface area contributed by atoms with Crippen LogP contribution in [-0.4, -0.2) is 17.0 Å². The van der Waals surface area contributed by atoms with Crippen LogP contribution in [0.1, 0.15) is 16.8 Å². The lowest BCUT2D eigenvalue weighted by Crippen LogP contribution is -3.00. The molecule has 3 N–H and O–H groups in total. The molecule has 1 aromatic rings. The minimum absolute atomic E-state index is 0. The van der Waals surface area contributed by atoms with Gasteiger partial charge in [0.1, 0.15) is 5.56 Å². The summed E-state index contributed by atoms with van der Waals surface area (Å²) in [4.78, 5) is 21.1. The molecule has 0 saturated heterocycles. The molecule has 0 spiro atoms. The largest absolute Gasteiger partial charge is 1.00 e. The topological polar surface area (TPSA) is 84.3 Å². The molecule has 0 bridgehead atoms. The average molecular weight is 231 g/mol. The number of rotatable bonds is 4. The van der Waals surface area contributed by atoms with Crippen LogP contribution in [0.15, 0.2) is 24.5 Å². The molecular weight excluding hydrogens is 220 g/mol. The van der Waals surface area contributed by atoms with Crippen molar-refractivity contribution in [1.29, 1.82) is 0 Å². The van der Waals surface area contributed by atoms with Crippen LogP contribution in [0.25, 0.3) is 0 Å². The molecule has 0 fully saturated rings. The molecule has 0 unspecified atom stereocenters. The number of nitrogens with zero attached hydrogens (tertiary/aromatic N) is 1. The van der Waals surface area contributed by atoms with Gasteiger partial charge in [0.25, 0.3) is 0 Å². The predicted molar refractivity (Wildman–Crippen MR) is 47.4 cm³/mol. The van der Waals surface area contributed by atoms with Gasteiger partial charge in [0.2, 0.25) is 5.91 Å². The number of carbonyl (C=O) groups excluding carboxylic acids is 1. The Kier molecular flexibility index (Phi) is 5.33. The van der Waals surface area contributed by atoms with Gasteiger partial charge in [-0.05, 0) is 6.07 Å². The summed E-state index contributed by atoms with van der Waals surface area (Å²) >= 11 is 0. The second-order valence-corrected chi connectivity index (χ2v) is 2.85. The summed E-state index contributed by atoms with van der Waals surface area (Å²) in [5, 5.41) is 8.68. The minimum atomic E-state index is -0.988. The lowest BCUT2D eigenvalue weighted by Gasteiger charge is -1.95. The zero-order chi connectivity index (χ0) is 10.6. The van der Waals surface area contributed by atoms with Crippen molar-refractivity contribution in [3.8, 4) is 0 Å². The smallest absolute Gasteiger partial charge is 0.341 e. The summed E-state index contributed by atoms with van der Waals surface area (Å²) in [6.07, 6.45) is 3.36. The summed E-state index contributed by atoms with van der Waals surface area (Å²) < 4.78 is 1.62. The molecule has 0 radical (unpaired) electrons. The molecule has 0 atom stereocenters. The number of carbonyl (C=O) groups is 2. The molecule has 5 nitrogen and oxygen atoms in total. The zero-order valence-corrected chi connectivity index (χ0v) is 8.65. The molecule has 0 aromatic carbocycles. The standard InChI is InChI=1S/C9H10N2O3.ClH/c10-8(12)3-5-11-4-1-2-7(6-11)9(13)14;/h1-2,4,6H,3,5H2,(H2-,10,12,13,14);1H. The number of aromatic nitrogens is 1. The molecule has 6 heteroatoms. The first-order valence-electron chi connectivity index (χ1n) is 4.10. The third-order valence-corrected chi connectivity index (χ3v) is 1.72. The van der Waals surface area contributed by atoms with Gasteiger partial charge in [-0.1, -0.05) is 0 Å². The first-order valence-corrected chi connectivity index (χ1v) is 4.10. The number of aromatic carboxylic acids is 1. The molecule has 82 valence electrons. The van der Waals surface area contributed by atoms with Crippen LogP contribution in [0, 0.1) is 0 Å². The maximum absolute atomic E-state index is 10.6. The third kappa shape index (κ3) is 4.42. The number of amides is 1. The van der Waals surface area contributed by atoms with Crippen LogP contribution < -0.4 is 22.7 Å². The SMILES string of the molecule is NC(=O)CC[n+]1cccc(C(=O)O)c1.[Cl-]. The van der Waals surface area contributed by atoms with Gasteiger partial charge in [-0.25, -0.2) is 9.36 Å². The zero-order valence-electron chi connectivity index (χ0n) is 7.89. The summed E-state index contributed by atoms with van der Waals surface area (Å²) in [6, 6.07) is 3.10. The lowest BCUT2D eigenvalue weighted by atomic mass is 10.3. The molecule has 1 rings (SSSR count). The van der Waals surface area contributed by atoms with Gasteiger partial charge in [-0.2, -0.15) is 0 Å². The monoisotopic (exact) mass is 230 g/mol. The van der Waals surface area contributed by atoms with Crippen LogP contribution in [-0.2, 0) is 11.3 Å². The number of primary amides is 1. The molecule has 0 aliphatic rings. The number of halogens is 1. The number of hydrogen-bond donors (Lipinski definition) is 2. The molecule has 0 aliphatic heterocycles. The van der Waals surface area contributed by atoms with E-state index in [1.54, 1.807) is 16.8 Å². The first-order chi connectivity index (χ1) is 6.59. The fraction of sp³-hybridized carbons (Fsp3) is 0.222. The van der Waals surface area contributed by atoms with E-state index in [0.29, 0.717) is 6.54 Å². The van der Waals surface area contributed by atoms with E-state index in [2.05, 4.69) is 0 Å². The number of carboxylic acid groups (broad SMARTS) is 1. The maximum atomic E-state index is 10.6. The van der Waals surface area contributed by atoms with E-state index >= 15 is 0 Å². The first kappa shape index (κ1) is 13.4. The van der Waals surface area contributed by atoms with Crippen LogP contribution in [0.2, 0.25) is 0 Å². The van der Waals surface area contributed by atoms with Crippen molar-refractivity contribution in [2.75, 3.05) is 0 Å². The Morgan fingerprint density at radius 2 is 2.13 bits per heavy atom. The van der Waals surface area contributed by atoms with Crippen molar-refractivity contribution in [3.05, 3.63) is 30.1 Å². The van der Waals surface area contributed by atoms with Gasteiger partial charge in [0.15, 0.2) is 18.9 Å². The van der Waals surface area contributed by atoms with Crippen LogP contribution in [0.3, 0.4) is 0 Å². The number of nitrogens with two attached hydrogens (primary N) is 1. The molecule has 1 amide bonds. The van der Waals surface area contributed by atoms with Gasteiger partial charge in [-0.3, -0.25) is 4.79 Å². The molecule has 0 saturated carbocycles. The number of pyridine rings is 1. The van der Waals surface area contributed by atoms with Crippen molar-refractivity contribution in [2.24, 2.45) is 5.73 Å². The third-order valence-electron chi connectivity index (χ3n) is 1.72. The molecule has 1 heterocycles. The van der Waals surface area contributed by atoms with Crippen LogP contribution in [0.4, 0.5) is 0 Å². The summed E-state index contributed by atoms with van der Waals surface area (Å²) in [5.74, 6) is -1.39. The quantitative estimate of drug-likeness (QED) is 0.528. The van der Waals surface area contributed by atoms with Gasteiger partial charge in [0, 0.05) is 6.07 Å². The highest BCUT2D eigenvalue weighted by Crippen LogP contribution is 1.93. The van der Waals surface area contributed by atoms with E-state index in [0.717, 1.165) is 0 Å². The number of carboxylic acids is 1. The van der Waals surface area contributed by atoms with Crippen molar-refractivity contribution < 1.29 is 31.7 Å². The molecule has 1 aromatic heterocycles. The fourth-order valence-electron chi connectivity index (χ4n) is 1.03. The van der Waals surface area contributed by atoms with Crippen LogP contribution in [0.5, 0.6) is 0 Å². The second-order valence-electron chi connectivity index (χ2n) is 2.85. The van der Waals surface area contributed by atoms with Crippen molar-refractivity contribution >= 4 is 11.9 Å². The molecule has 0 aliphatic carbocycles. The van der Waals surface area contributed by atoms with Crippen molar-refractivity contribution in [2.45, 2.75) is 13.0 Å². The Hall–Kier alpha value is -1.62. The summed E-state index contributed by atoms with van der Waals surface area (Å²) in [7, 11) is 0. The van der Waals surface area contributed by atoms with Gasteiger partial charge >= 0.3 is 5.97 Å². The average Bonchev–Trinajstić information content (AvgIpc) is 2.15. The lowest BCUT2D eigenvalue weighted by molar-refractivity contribution is -0.695. The van der Waals surface area contributed by atoms with E-state index in [9.17, 15) is 9.59 Å². The summed E-state index contributed by atoms with van der Waals surface area (Å²) in [5.41, 5.74) is 5.16. The molecular formula is C9H11ClN2O3. The van der Waals surface area contributed by atoms with Crippen LogP contribution >= 0.6 is 0 Å². The van der Waals surface area contributed by atoms with Crippen molar-refractivity contribution in [1.82, 2.24) is 0 Å². The normalized spacial score (nSPS) is 9.07. The molecule has 15 heavy (non-hydrogen) atoms. The van der Waals surface area contributed by atoms with Gasteiger partial charge < -0.3 is 23.2 Å². The van der Waals surface area contributed by atoms with E-state index in [1.807, 2.05) is 0 Å². The fourth-order valence-corrected chi connectivity index (χ4v) is 1.03. The minimum Gasteiger partial charge on any atom is -1.00 e. The Balaban J connectivity index is 0.00000196. The number of hydrogen-bond acceptors (Lipinski definition) is 2. The highest BCUT2D eigenvalue weighted by molar-refractivity contribution is 5.86. The van der Waals surface area contributed by atoms with Gasteiger partial charge in [0.05, 0.1) is 6.42 Å². The second kappa shape index (κ2) is 5.98. The Labute approximate surface area is 92.9 Å². The van der Waals surface area contributed by atoms with E-state index in [4.69, 9.17) is 10.8 Å². The number of aryl methyl sites for hydroxylation is 1. The maximum Gasteiger partial charge on any atom is 0.341 e. The Morgan fingerprint density at radius 3 is 2.67 bits per heavy atom.